The maximum absolute atomic E-state index is 13.0. The van der Waals surface area contributed by atoms with Crippen LogP contribution in [0.2, 0.25) is 0 Å². The highest BCUT2D eigenvalue weighted by Gasteiger charge is 2.26. The summed E-state index contributed by atoms with van der Waals surface area (Å²) in [7, 11) is 0. The molecule has 0 aliphatic carbocycles. The van der Waals surface area contributed by atoms with Crippen molar-refractivity contribution in [2.45, 2.75) is 20.0 Å². The fraction of sp³-hybridized carbons (Fsp3) is 0.130. The van der Waals surface area contributed by atoms with Crippen LogP contribution in [0.25, 0.3) is 0 Å². The highest BCUT2D eigenvalue weighted by Crippen LogP contribution is 2.24. The summed E-state index contributed by atoms with van der Waals surface area (Å²) in [6, 6.07) is 23.4. The molecule has 1 atom stereocenters. The van der Waals surface area contributed by atoms with Crippen LogP contribution < -0.4 is 0 Å². The number of hydrogen-bond acceptors (Lipinski definition) is 3. The summed E-state index contributed by atoms with van der Waals surface area (Å²) in [5.74, 6) is -0.754. The van der Waals surface area contributed by atoms with Crippen LogP contribution in [0.3, 0.4) is 0 Å². The number of ketones is 1. The fourth-order valence-corrected chi connectivity index (χ4v) is 2.63. The zero-order valence-corrected chi connectivity index (χ0v) is 14.8. The molecule has 0 saturated carbocycles. The Balaban J connectivity index is 1.91. The molecule has 0 aromatic heterocycles. The smallest absolute Gasteiger partial charge is 0.339 e. The number of esters is 1. The van der Waals surface area contributed by atoms with Crippen molar-refractivity contribution in [3.63, 3.8) is 0 Å². The third-order valence-electron chi connectivity index (χ3n) is 4.19. The molecule has 0 amide bonds. The van der Waals surface area contributed by atoms with E-state index in [1.54, 1.807) is 36.4 Å². The minimum absolute atomic E-state index is 0.239. The van der Waals surface area contributed by atoms with Gasteiger partial charge in [0.2, 0.25) is 5.78 Å². The van der Waals surface area contributed by atoms with E-state index < -0.39 is 12.1 Å². The lowest BCUT2D eigenvalue weighted by Crippen LogP contribution is -2.20. The van der Waals surface area contributed by atoms with Gasteiger partial charge in [-0.15, -0.1) is 0 Å². The molecule has 0 radical (unpaired) electrons. The Morgan fingerprint density at radius 1 is 0.692 bits per heavy atom. The number of carbonyl (C=O) groups is 2. The Labute approximate surface area is 153 Å². The van der Waals surface area contributed by atoms with Crippen molar-refractivity contribution in [3.05, 3.63) is 107 Å². The van der Waals surface area contributed by atoms with E-state index in [1.165, 1.54) is 0 Å². The van der Waals surface area contributed by atoms with Crippen LogP contribution in [0.4, 0.5) is 0 Å². The molecule has 0 aliphatic heterocycles. The van der Waals surface area contributed by atoms with Crippen molar-refractivity contribution in [1.29, 1.82) is 0 Å². The Morgan fingerprint density at radius 2 is 1.19 bits per heavy atom. The zero-order chi connectivity index (χ0) is 18.5. The van der Waals surface area contributed by atoms with E-state index in [0.29, 0.717) is 16.7 Å². The third kappa shape index (κ3) is 4.06. The Kier molecular flexibility index (Phi) is 5.28. The molecular weight excluding hydrogens is 324 g/mol. The first kappa shape index (κ1) is 17.6. The van der Waals surface area contributed by atoms with Gasteiger partial charge in [-0.3, -0.25) is 4.79 Å². The second-order valence-corrected chi connectivity index (χ2v) is 6.29. The number of aryl methyl sites for hydroxylation is 2. The van der Waals surface area contributed by atoms with Crippen molar-refractivity contribution >= 4 is 11.8 Å². The Morgan fingerprint density at radius 3 is 1.73 bits per heavy atom. The number of rotatable bonds is 5. The van der Waals surface area contributed by atoms with Crippen molar-refractivity contribution < 1.29 is 14.3 Å². The minimum atomic E-state index is -0.979. The predicted molar refractivity (Wildman–Crippen MR) is 101 cm³/mol. The SMILES string of the molecule is Cc1ccc(C(=O)O[C@H](C(=O)c2ccc(C)cc2)c2ccccc2)cc1. The number of benzene rings is 3. The number of carbonyl (C=O) groups excluding carboxylic acids is 2. The molecule has 0 heterocycles. The quantitative estimate of drug-likeness (QED) is 0.478. The van der Waals surface area contributed by atoms with Crippen LogP contribution in [-0.4, -0.2) is 11.8 Å². The predicted octanol–water partition coefficient (Wildman–Crippen LogP) is 5.08. The molecule has 0 unspecified atom stereocenters. The highest BCUT2D eigenvalue weighted by molar-refractivity contribution is 6.02. The maximum Gasteiger partial charge on any atom is 0.339 e. The van der Waals surface area contributed by atoms with Crippen molar-refractivity contribution in [3.8, 4) is 0 Å². The molecule has 3 aromatic carbocycles. The molecule has 0 fully saturated rings. The summed E-state index contributed by atoms with van der Waals surface area (Å²) in [5.41, 5.74) is 3.71. The first-order valence-corrected chi connectivity index (χ1v) is 8.48. The molecule has 0 N–H and O–H groups in total. The standard InChI is InChI=1S/C23H20O3/c1-16-8-12-18(13-9-16)21(24)22(19-6-4-3-5-7-19)26-23(25)20-14-10-17(2)11-15-20/h3-15,22H,1-2H3/t22-/m0/s1. The van der Waals surface area contributed by atoms with Crippen molar-refractivity contribution in [2.75, 3.05) is 0 Å². The Bertz CT molecular complexity index is 894. The van der Waals surface area contributed by atoms with E-state index in [1.807, 2.05) is 56.3 Å². The van der Waals surface area contributed by atoms with Gasteiger partial charge < -0.3 is 4.74 Å². The second kappa shape index (κ2) is 7.79. The normalized spacial score (nSPS) is 11.6. The number of hydrogen-bond donors (Lipinski definition) is 0. The Hall–Kier alpha value is -3.20. The lowest BCUT2D eigenvalue weighted by molar-refractivity contribution is 0.0280. The number of Topliss-reactive ketones (excluding diaryl/α,β-unsaturated/α-hetero) is 1. The van der Waals surface area contributed by atoms with E-state index in [4.69, 9.17) is 4.74 Å². The van der Waals surface area contributed by atoms with Gasteiger partial charge in [-0.05, 0) is 26.0 Å². The fourth-order valence-electron chi connectivity index (χ4n) is 2.63. The number of ether oxygens (including phenoxy) is 1. The summed E-state index contributed by atoms with van der Waals surface area (Å²) < 4.78 is 5.62. The maximum atomic E-state index is 13.0. The summed E-state index contributed by atoms with van der Waals surface area (Å²) in [6.07, 6.45) is -0.979. The van der Waals surface area contributed by atoms with Crippen molar-refractivity contribution in [1.82, 2.24) is 0 Å². The summed E-state index contributed by atoms with van der Waals surface area (Å²) in [6.45, 7) is 3.91. The molecule has 3 aromatic rings. The highest BCUT2D eigenvalue weighted by atomic mass is 16.5. The molecule has 26 heavy (non-hydrogen) atoms. The average Bonchev–Trinajstić information content (AvgIpc) is 2.67. The van der Waals surface area contributed by atoms with Gasteiger partial charge in [-0.25, -0.2) is 4.79 Å². The van der Waals surface area contributed by atoms with Crippen LogP contribution in [0.15, 0.2) is 78.9 Å². The first-order chi connectivity index (χ1) is 12.5. The van der Waals surface area contributed by atoms with Gasteiger partial charge in [0.15, 0.2) is 6.10 Å². The van der Waals surface area contributed by atoms with E-state index >= 15 is 0 Å². The van der Waals surface area contributed by atoms with Crippen LogP contribution in [-0.2, 0) is 4.74 Å². The van der Waals surface area contributed by atoms with Gasteiger partial charge >= 0.3 is 5.97 Å². The molecule has 0 spiro atoms. The molecule has 3 nitrogen and oxygen atoms in total. The van der Waals surface area contributed by atoms with Gasteiger partial charge in [-0.2, -0.15) is 0 Å². The summed E-state index contributed by atoms with van der Waals surface area (Å²) in [4.78, 5) is 25.6. The van der Waals surface area contributed by atoms with Gasteiger partial charge in [0.1, 0.15) is 0 Å². The van der Waals surface area contributed by atoms with E-state index in [-0.39, 0.29) is 5.78 Å². The molecular formula is C23H20O3. The zero-order valence-electron chi connectivity index (χ0n) is 14.8. The molecule has 0 bridgehead atoms. The molecule has 3 rings (SSSR count). The largest absolute Gasteiger partial charge is 0.445 e. The topological polar surface area (TPSA) is 43.4 Å². The average molecular weight is 344 g/mol. The molecule has 130 valence electrons. The molecule has 3 heteroatoms. The monoisotopic (exact) mass is 344 g/mol. The lowest BCUT2D eigenvalue weighted by Gasteiger charge is -2.17. The van der Waals surface area contributed by atoms with Crippen LogP contribution >= 0.6 is 0 Å². The van der Waals surface area contributed by atoms with Crippen LogP contribution in [0, 0.1) is 13.8 Å². The second-order valence-electron chi connectivity index (χ2n) is 6.29. The first-order valence-electron chi connectivity index (χ1n) is 8.48. The van der Waals surface area contributed by atoms with Gasteiger partial charge in [-0.1, -0.05) is 77.9 Å². The van der Waals surface area contributed by atoms with Gasteiger partial charge in [0.25, 0.3) is 0 Å². The third-order valence-corrected chi connectivity index (χ3v) is 4.19. The summed E-state index contributed by atoms with van der Waals surface area (Å²) >= 11 is 0. The van der Waals surface area contributed by atoms with Crippen molar-refractivity contribution in [2.24, 2.45) is 0 Å². The lowest BCUT2D eigenvalue weighted by atomic mass is 9.99. The van der Waals surface area contributed by atoms with Crippen LogP contribution in [0.5, 0.6) is 0 Å². The van der Waals surface area contributed by atoms with Gasteiger partial charge in [0.05, 0.1) is 5.56 Å². The van der Waals surface area contributed by atoms with E-state index in [2.05, 4.69) is 0 Å². The van der Waals surface area contributed by atoms with Crippen LogP contribution in [0.1, 0.15) is 43.5 Å². The van der Waals surface area contributed by atoms with E-state index in [9.17, 15) is 9.59 Å². The minimum Gasteiger partial charge on any atom is -0.445 e. The molecule has 0 aliphatic rings. The van der Waals surface area contributed by atoms with E-state index in [0.717, 1.165) is 11.1 Å². The van der Waals surface area contributed by atoms with Gasteiger partial charge in [0, 0.05) is 11.1 Å². The molecule has 0 saturated heterocycles. The summed E-state index contributed by atoms with van der Waals surface area (Å²) in [5, 5.41) is 0.